The van der Waals surface area contributed by atoms with Crippen molar-refractivity contribution < 1.29 is 42.8 Å². The Labute approximate surface area is 299 Å². The van der Waals surface area contributed by atoms with Gasteiger partial charge in [0.15, 0.2) is 0 Å². The molecule has 6 bridgehead atoms. The van der Waals surface area contributed by atoms with Crippen LogP contribution in [0.25, 0.3) is 0 Å². The maximum Gasteiger partial charge on any atom is 0.336 e. The van der Waals surface area contributed by atoms with Crippen molar-refractivity contribution in [3.63, 3.8) is 0 Å². The van der Waals surface area contributed by atoms with Gasteiger partial charge in [-0.15, -0.1) is 0 Å². The standard InChI is InChI=1S/C37H47N3O12/c41-26(48-15-20-9-17-11-22(20)31-28(17)50-31)3-1-5-38-35(44)39(6-2-4-27(42)49-16-21-10-18-12-23(21)32-29(18)51-32)37(46)40(36(38)45)7-8-47-34(43)25-14-19-13-24(25)33-30(19)52-33/h17-25,28-33H,1-16H2. The number of carbonyl (C=O) groups is 3. The molecule has 3 saturated heterocycles. The zero-order valence-corrected chi connectivity index (χ0v) is 29.2. The smallest absolute Gasteiger partial charge is 0.336 e. The largest absolute Gasteiger partial charge is 0.465 e. The molecule has 15 atom stereocenters. The van der Waals surface area contributed by atoms with Gasteiger partial charge >= 0.3 is 35.0 Å². The van der Waals surface area contributed by atoms with E-state index in [9.17, 15) is 28.8 Å². The van der Waals surface area contributed by atoms with Gasteiger partial charge in [-0.3, -0.25) is 14.4 Å². The minimum Gasteiger partial charge on any atom is -0.465 e. The third-order valence-corrected chi connectivity index (χ3v) is 14.3. The highest BCUT2D eigenvalue weighted by molar-refractivity contribution is 5.74. The van der Waals surface area contributed by atoms with Crippen molar-refractivity contribution in [3.8, 4) is 0 Å². The van der Waals surface area contributed by atoms with Crippen molar-refractivity contribution in [2.45, 2.75) is 120 Å². The van der Waals surface area contributed by atoms with E-state index in [-0.39, 0.29) is 81.9 Å². The minimum atomic E-state index is -0.835. The van der Waals surface area contributed by atoms with Crippen LogP contribution in [0.15, 0.2) is 14.4 Å². The van der Waals surface area contributed by atoms with Gasteiger partial charge in [-0.05, 0) is 92.8 Å². The van der Waals surface area contributed by atoms with E-state index in [0.29, 0.717) is 79.1 Å². The van der Waals surface area contributed by atoms with Gasteiger partial charge in [-0.25, -0.2) is 28.1 Å². The zero-order chi connectivity index (χ0) is 35.4. The molecule has 15 unspecified atom stereocenters. The number of carbonyl (C=O) groups excluding carboxylic acids is 3. The normalized spacial score (nSPS) is 41.4. The highest BCUT2D eigenvalue weighted by Gasteiger charge is 2.65. The molecule has 1 aromatic rings. The van der Waals surface area contributed by atoms with Crippen LogP contribution in [-0.4, -0.2) is 88.1 Å². The van der Waals surface area contributed by atoms with Crippen molar-refractivity contribution in [1.29, 1.82) is 0 Å². The lowest BCUT2D eigenvalue weighted by Crippen LogP contribution is -2.55. The monoisotopic (exact) mass is 725 g/mol. The molecule has 52 heavy (non-hydrogen) atoms. The number of esters is 3. The number of ether oxygens (including phenoxy) is 6. The average Bonchev–Trinajstić information content (AvgIpc) is 4.08. The Morgan fingerprint density at radius 1 is 0.538 bits per heavy atom. The molecule has 15 heteroatoms. The van der Waals surface area contributed by atoms with E-state index in [1.165, 1.54) is 0 Å². The fraction of sp³-hybridized carbons (Fsp3) is 0.838. The van der Waals surface area contributed by atoms with E-state index in [0.717, 1.165) is 52.2 Å². The Bertz CT molecular complexity index is 1740. The average molecular weight is 726 g/mol. The van der Waals surface area contributed by atoms with Crippen LogP contribution >= 0.6 is 0 Å². The van der Waals surface area contributed by atoms with Crippen molar-refractivity contribution in [3.05, 3.63) is 31.5 Å². The first-order valence-corrected chi connectivity index (χ1v) is 19.6. The van der Waals surface area contributed by atoms with Crippen LogP contribution in [-0.2, 0) is 62.4 Å². The number of hydrogen-bond donors (Lipinski definition) is 0. The van der Waals surface area contributed by atoms with E-state index in [4.69, 9.17) is 28.4 Å². The summed E-state index contributed by atoms with van der Waals surface area (Å²) in [7, 11) is 0. The molecule has 6 aliphatic carbocycles. The molecule has 4 heterocycles. The third-order valence-electron chi connectivity index (χ3n) is 14.3. The molecule has 6 saturated carbocycles. The van der Waals surface area contributed by atoms with E-state index >= 15 is 0 Å². The van der Waals surface area contributed by atoms with E-state index in [2.05, 4.69) is 0 Å². The molecule has 1 aromatic heterocycles. The summed E-state index contributed by atoms with van der Waals surface area (Å²) in [5, 5.41) is 0. The molecule has 10 rings (SSSR count). The van der Waals surface area contributed by atoms with Crippen LogP contribution < -0.4 is 17.1 Å². The number of epoxide rings is 3. The number of fused-ring (bicyclic) bond motifs is 15. The van der Waals surface area contributed by atoms with Gasteiger partial charge in [-0.1, -0.05) is 0 Å². The number of nitrogens with zero attached hydrogens (tertiary/aromatic N) is 3. The SMILES string of the molecule is O=C(CCCn1c(=O)n(CCCC(=O)OCC2CC3CC2C2OC32)c(=O)n(CCOC(=O)C2CC3CC2C2OC32)c1=O)OCC1CC2CC1C1OC21. The predicted octanol–water partition coefficient (Wildman–Crippen LogP) is 0.632. The fourth-order valence-electron chi connectivity index (χ4n) is 11.6. The van der Waals surface area contributed by atoms with Crippen LogP contribution in [0.4, 0.5) is 0 Å². The molecule has 0 amide bonds. The summed E-state index contributed by atoms with van der Waals surface area (Å²) in [5.41, 5.74) is -2.48. The lowest BCUT2D eigenvalue weighted by Gasteiger charge is -2.19. The van der Waals surface area contributed by atoms with Crippen molar-refractivity contribution >= 4 is 17.9 Å². The zero-order valence-electron chi connectivity index (χ0n) is 29.2. The molecule has 282 valence electrons. The van der Waals surface area contributed by atoms with Gasteiger partial charge in [0.1, 0.15) is 6.61 Å². The van der Waals surface area contributed by atoms with Crippen molar-refractivity contribution in [2.24, 2.45) is 53.3 Å². The van der Waals surface area contributed by atoms with Crippen LogP contribution in [0.3, 0.4) is 0 Å². The van der Waals surface area contributed by atoms with Crippen LogP contribution in [0, 0.1) is 53.3 Å². The third kappa shape index (κ3) is 5.71. The minimum absolute atomic E-state index is 0.00304. The summed E-state index contributed by atoms with van der Waals surface area (Å²) < 4.78 is 36.6. The summed E-state index contributed by atoms with van der Waals surface area (Å²) in [6.45, 7) is 0.0330. The maximum absolute atomic E-state index is 13.6. The van der Waals surface area contributed by atoms with Gasteiger partial charge in [0.2, 0.25) is 0 Å². The Hall–Kier alpha value is -3.30. The molecule has 0 radical (unpaired) electrons. The highest BCUT2D eigenvalue weighted by atomic mass is 16.6. The number of rotatable bonds is 16. The van der Waals surface area contributed by atoms with E-state index < -0.39 is 29.0 Å². The molecule has 15 nitrogen and oxygen atoms in total. The maximum atomic E-state index is 13.6. The van der Waals surface area contributed by atoms with Gasteiger partial charge in [0.05, 0.1) is 62.3 Å². The van der Waals surface area contributed by atoms with Gasteiger partial charge in [-0.2, -0.15) is 0 Å². The van der Waals surface area contributed by atoms with Gasteiger partial charge in [0.25, 0.3) is 0 Å². The van der Waals surface area contributed by atoms with Crippen molar-refractivity contribution in [1.82, 2.24) is 13.7 Å². The molecule has 9 aliphatic rings. The Kier molecular flexibility index (Phi) is 8.09. The van der Waals surface area contributed by atoms with E-state index in [1.54, 1.807) is 0 Å². The molecule has 0 spiro atoms. The second kappa shape index (κ2) is 12.6. The van der Waals surface area contributed by atoms with Gasteiger partial charge < -0.3 is 28.4 Å². The fourth-order valence-corrected chi connectivity index (χ4v) is 11.6. The van der Waals surface area contributed by atoms with Crippen LogP contribution in [0.2, 0.25) is 0 Å². The predicted molar refractivity (Wildman–Crippen MR) is 176 cm³/mol. The number of hydrogen-bond acceptors (Lipinski definition) is 12. The Morgan fingerprint density at radius 3 is 1.42 bits per heavy atom. The molecular formula is C37H47N3O12. The second-order valence-electron chi connectivity index (χ2n) is 17.1. The molecule has 0 aromatic carbocycles. The lowest BCUT2D eigenvalue weighted by molar-refractivity contribution is -0.150. The molecule has 9 fully saturated rings. The molecular weight excluding hydrogens is 678 g/mol. The highest BCUT2D eigenvalue weighted by Crippen LogP contribution is 2.60. The van der Waals surface area contributed by atoms with Crippen LogP contribution in [0.1, 0.15) is 64.2 Å². The molecule has 3 aliphatic heterocycles. The summed E-state index contributed by atoms with van der Waals surface area (Å²) in [5.74, 6) is 1.81. The summed E-state index contributed by atoms with van der Waals surface area (Å²) in [4.78, 5) is 78.9. The summed E-state index contributed by atoms with van der Waals surface area (Å²) in [6.07, 6.45) is 8.18. The van der Waals surface area contributed by atoms with Crippen molar-refractivity contribution in [2.75, 3.05) is 19.8 Å². The topological polar surface area (TPSA) is 182 Å². The first-order chi connectivity index (χ1) is 25.2. The van der Waals surface area contributed by atoms with Gasteiger partial charge in [0, 0.05) is 31.8 Å². The molecule has 0 N–H and O–H groups in total. The second-order valence-corrected chi connectivity index (χ2v) is 17.1. The Morgan fingerprint density at radius 2 is 0.981 bits per heavy atom. The summed E-state index contributed by atoms with van der Waals surface area (Å²) >= 11 is 0. The summed E-state index contributed by atoms with van der Waals surface area (Å²) in [6, 6.07) is 0. The Balaban J connectivity index is 0.761. The number of aromatic nitrogens is 3. The first kappa shape index (κ1) is 33.3. The quantitative estimate of drug-likeness (QED) is 0.132. The van der Waals surface area contributed by atoms with E-state index in [1.807, 2.05) is 0 Å². The first-order valence-electron chi connectivity index (χ1n) is 19.6. The lowest BCUT2D eigenvalue weighted by atomic mass is 9.89. The van der Waals surface area contributed by atoms with Crippen LogP contribution in [0.5, 0.6) is 0 Å².